The van der Waals surface area contributed by atoms with Crippen molar-refractivity contribution in [2.75, 3.05) is 20.3 Å². The van der Waals surface area contributed by atoms with Gasteiger partial charge in [0.15, 0.2) is 0 Å². The molecule has 98 valence electrons. The molecule has 0 aliphatic heterocycles. The van der Waals surface area contributed by atoms with Gasteiger partial charge in [0.2, 0.25) is 0 Å². The Kier molecular flexibility index (Phi) is 4.99. The predicted molar refractivity (Wildman–Crippen MR) is 68.9 cm³/mol. The number of methoxy groups -OCH3 is 1. The van der Waals surface area contributed by atoms with Crippen LogP contribution in [-0.4, -0.2) is 25.9 Å². The lowest BCUT2D eigenvalue weighted by atomic mass is 10.2. The van der Waals surface area contributed by atoms with E-state index in [-0.39, 0.29) is 5.60 Å². The lowest BCUT2D eigenvalue weighted by Crippen LogP contribution is -2.22. The minimum atomic E-state index is -0.171. The van der Waals surface area contributed by atoms with Gasteiger partial charge in [-0.3, -0.25) is 0 Å². The van der Waals surface area contributed by atoms with Crippen molar-refractivity contribution in [2.45, 2.75) is 26.4 Å². The quantitative estimate of drug-likeness (QED) is 0.753. The van der Waals surface area contributed by atoms with Crippen LogP contribution in [0.4, 0.5) is 0 Å². The number of rotatable bonds is 5. The van der Waals surface area contributed by atoms with Crippen molar-refractivity contribution < 1.29 is 14.2 Å². The van der Waals surface area contributed by atoms with E-state index in [0.29, 0.717) is 30.3 Å². The molecule has 0 aliphatic carbocycles. The largest absolute Gasteiger partial charge is 0.497 e. The molecule has 0 bridgehead atoms. The van der Waals surface area contributed by atoms with Crippen LogP contribution in [-0.2, 0) is 4.74 Å². The van der Waals surface area contributed by atoms with E-state index >= 15 is 0 Å². The normalized spacial score (nSPS) is 10.8. The topological polar surface area (TPSA) is 51.5 Å². The number of hydrogen-bond donors (Lipinski definition) is 0. The third-order valence-corrected chi connectivity index (χ3v) is 2.13. The number of ether oxygens (including phenoxy) is 3. The molecule has 0 fully saturated rings. The van der Waals surface area contributed by atoms with Crippen LogP contribution in [0.25, 0.3) is 0 Å². The van der Waals surface area contributed by atoms with Gasteiger partial charge >= 0.3 is 0 Å². The second-order valence-corrected chi connectivity index (χ2v) is 4.82. The van der Waals surface area contributed by atoms with E-state index in [1.165, 1.54) is 0 Å². The highest BCUT2D eigenvalue weighted by atomic mass is 16.5. The van der Waals surface area contributed by atoms with Crippen LogP contribution < -0.4 is 9.47 Å². The summed E-state index contributed by atoms with van der Waals surface area (Å²) in [6.45, 7) is 6.92. The summed E-state index contributed by atoms with van der Waals surface area (Å²) in [6, 6.07) is 7.16. The fourth-order valence-corrected chi connectivity index (χ4v) is 1.34. The molecule has 0 saturated carbocycles. The Morgan fingerprint density at radius 1 is 1.11 bits per heavy atom. The zero-order valence-corrected chi connectivity index (χ0v) is 11.3. The Balaban J connectivity index is 2.54. The molecule has 0 radical (unpaired) electrons. The molecule has 1 rings (SSSR count). The van der Waals surface area contributed by atoms with Gasteiger partial charge in [-0.2, -0.15) is 5.26 Å². The summed E-state index contributed by atoms with van der Waals surface area (Å²) >= 11 is 0. The molecule has 0 atom stereocenters. The molecule has 0 N–H and O–H groups in total. The molecule has 18 heavy (non-hydrogen) atoms. The van der Waals surface area contributed by atoms with E-state index in [2.05, 4.69) is 6.07 Å². The summed E-state index contributed by atoms with van der Waals surface area (Å²) in [7, 11) is 1.56. The van der Waals surface area contributed by atoms with Gasteiger partial charge in [0.1, 0.15) is 18.1 Å². The fourth-order valence-electron chi connectivity index (χ4n) is 1.34. The molecule has 1 aromatic carbocycles. The number of nitriles is 1. The van der Waals surface area contributed by atoms with Gasteiger partial charge in [0.25, 0.3) is 0 Å². The van der Waals surface area contributed by atoms with Gasteiger partial charge < -0.3 is 14.2 Å². The van der Waals surface area contributed by atoms with Crippen molar-refractivity contribution in [2.24, 2.45) is 0 Å². The summed E-state index contributed by atoms with van der Waals surface area (Å²) in [5.74, 6) is 1.23. The highest BCUT2D eigenvalue weighted by Gasteiger charge is 2.09. The van der Waals surface area contributed by atoms with E-state index in [1.54, 1.807) is 25.3 Å². The molecule has 0 amide bonds. The van der Waals surface area contributed by atoms with Crippen molar-refractivity contribution in [3.05, 3.63) is 23.8 Å². The van der Waals surface area contributed by atoms with Crippen LogP contribution in [0.5, 0.6) is 11.5 Å². The third kappa shape index (κ3) is 5.07. The maximum absolute atomic E-state index is 8.87. The molecule has 0 aliphatic rings. The first-order valence-electron chi connectivity index (χ1n) is 5.80. The highest BCUT2D eigenvalue weighted by Crippen LogP contribution is 2.22. The predicted octanol–water partition coefficient (Wildman–Crippen LogP) is 2.76. The van der Waals surface area contributed by atoms with Crippen LogP contribution in [0.15, 0.2) is 18.2 Å². The summed E-state index contributed by atoms with van der Waals surface area (Å²) in [6.07, 6.45) is 0. The monoisotopic (exact) mass is 249 g/mol. The second-order valence-electron chi connectivity index (χ2n) is 4.82. The van der Waals surface area contributed by atoms with Crippen molar-refractivity contribution >= 4 is 0 Å². The first kappa shape index (κ1) is 14.3. The zero-order valence-electron chi connectivity index (χ0n) is 11.3. The van der Waals surface area contributed by atoms with Crippen LogP contribution in [0.1, 0.15) is 26.3 Å². The number of benzene rings is 1. The van der Waals surface area contributed by atoms with Crippen LogP contribution in [0, 0.1) is 11.3 Å². The lowest BCUT2D eigenvalue weighted by molar-refractivity contribution is -0.0163. The van der Waals surface area contributed by atoms with E-state index in [0.717, 1.165) is 0 Å². The molecular weight excluding hydrogens is 230 g/mol. The maximum Gasteiger partial charge on any atom is 0.124 e. The molecule has 4 heteroatoms. The van der Waals surface area contributed by atoms with Crippen molar-refractivity contribution in [1.29, 1.82) is 5.26 Å². The zero-order chi connectivity index (χ0) is 13.6. The van der Waals surface area contributed by atoms with Crippen LogP contribution >= 0.6 is 0 Å². The van der Waals surface area contributed by atoms with Gasteiger partial charge in [-0.05, 0) is 32.9 Å². The lowest BCUT2D eigenvalue weighted by Gasteiger charge is -2.19. The molecule has 0 unspecified atom stereocenters. The van der Waals surface area contributed by atoms with Gasteiger partial charge in [-0.15, -0.1) is 0 Å². The molecule has 0 heterocycles. The van der Waals surface area contributed by atoms with Crippen LogP contribution in [0.2, 0.25) is 0 Å². The van der Waals surface area contributed by atoms with Gasteiger partial charge in [-0.1, -0.05) is 0 Å². The van der Waals surface area contributed by atoms with Crippen molar-refractivity contribution in [1.82, 2.24) is 0 Å². The summed E-state index contributed by atoms with van der Waals surface area (Å²) < 4.78 is 16.2. The molecule has 0 aromatic heterocycles. The van der Waals surface area contributed by atoms with E-state index in [1.807, 2.05) is 20.8 Å². The molecular formula is C14H19NO3. The smallest absolute Gasteiger partial charge is 0.124 e. The molecule has 0 saturated heterocycles. The summed E-state index contributed by atoms with van der Waals surface area (Å²) in [5.41, 5.74) is 0.344. The van der Waals surface area contributed by atoms with Gasteiger partial charge in [0.05, 0.1) is 31.0 Å². The highest BCUT2D eigenvalue weighted by molar-refractivity contribution is 5.43. The SMILES string of the molecule is COc1cc(C#N)cc(OCCOC(C)(C)C)c1. The molecule has 1 aromatic rings. The maximum atomic E-state index is 8.87. The van der Waals surface area contributed by atoms with Gasteiger partial charge in [-0.25, -0.2) is 0 Å². The average molecular weight is 249 g/mol. The number of nitrogens with zero attached hydrogens (tertiary/aromatic N) is 1. The first-order valence-corrected chi connectivity index (χ1v) is 5.80. The fraction of sp³-hybridized carbons (Fsp3) is 0.500. The third-order valence-electron chi connectivity index (χ3n) is 2.13. The Morgan fingerprint density at radius 2 is 1.78 bits per heavy atom. The van der Waals surface area contributed by atoms with E-state index < -0.39 is 0 Å². The summed E-state index contributed by atoms with van der Waals surface area (Å²) in [4.78, 5) is 0. The average Bonchev–Trinajstić information content (AvgIpc) is 2.33. The standard InChI is InChI=1S/C14H19NO3/c1-14(2,3)18-6-5-17-13-8-11(10-15)7-12(9-13)16-4/h7-9H,5-6H2,1-4H3. The minimum Gasteiger partial charge on any atom is -0.497 e. The molecule has 0 spiro atoms. The Bertz CT molecular complexity index is 430. The summed E-state index contributed by atoms with van der Waals surface area (Å²) in [5, 5.41) is 8.87. The van der Waals surface area contributed by atoms with Crippen molar-refractivity contribution in [3.63, 3.8) is 0 Å². The van der Waals surface area contributed by atoms with Crippen LogP contribution in [0.3, 0.4) is 0 Å². The van der Waals surface area contributed by atoms with E-state index in [9.17, 15) is 0 Å². The van der Waals surface area contributed by atoms with Crippen molar-refractivity contribution in [3.8, 4) is 17.6 Å². The van der Waals surface area contributed by atoms with E-state index in [4.69, 9.17) is 19.5 Å². The number of hydrogen-bond acceptors (Lipinski definition) is 4. The molecule has 4 nitrogen and oxygen atoms in total. The Morgan fingerprint density at radius 3 is 2.33 bits per heavy atom. The minimum absolute atomic E-state index is 0.171. The second kappa shape index (κ2) is 6.27. The Hall–Kier alpha value is -1.73. The Labute approximate surface area is 108 Å². The first-order chi connectivity index (χ1) is 8.44. The van der Waals surface area contributed by atoms with Gasteiger partial charge in [0, 0.05) is 6.07 Å².